The van der Waals surface area contributed by atoms with Crippen molar-refractivity contribution in [3.05, 3.63) is 63.1 Å². The van der Waals surface area contributed by atoms with Crippen LogP contribution >= 0.6 is 15.9 Å². The molecule has 0 unspecified atom stereocenters. The van der Waals surface area contributed by atoms with E-state index in [1.807, 2.05) is 30.3 Å². The van der Waals surface area contributed by atoms with Crippen molar-refractivity contribution in [3.8, 4) is 0 Å². The Bertz CT molecular complexity index is 543. The maximum absolute atomic E-state index is 10.9. The Kier molecular flexibility index (Phi) is 3.39. The van der Waals surface area contributed by atoms with Gasteiger partial charge in [0, 0.05) is 16.2 Å². The van der Waals surface area contributed by atoms with Crippen molar-refractivity contribution >= 4 is 33.0 Å². The molecule has 0 bridgehead atoms. The van der Waals surface area contributed by atoms with Crippen molar-refractivity contribution in [2.45, 2.75) is 0 Å². The summed E-state index contributed by atoms with van der Waals surface area (Å²) in [5.41, 5.74) is 1.31. The lowest BCUT2D eigenvalue weighted by Gasteiger charge is -2.08. The summed E-state index contributed by atoms with van der Waals surface area (Å²) in [7, 11) is 0. The third-order valence-electron chi connectivity index (χ3n) is 2.23. The van der Waals surface area contributed by atoms with Crippen molar-refractivity contribution in [1.82, 2.24) is 0 Å². The first kappa shape index (κ1) is 11.6. The minimum absolute atomic E-state index is 0.0447. The molecule has 0 aliphatic rings. The van der Waals surface area contributed by atoms with Crippen molar-refractivity contribution in [3.63, 3.8) is 0 Å². The Morgan fingerprint density at radius 2 is 1.76 bits per heavy atom. The molecule has 0 saturated carbocycles. The molecule has 0 aliphatic carbocycles. The Morgan fingerprint density at radius 1 is 1.06 bits per heavy atom. The fourth-order valence-corrected chi connectivity index (χ4v) is 1.91. The van der Waals surface area contributed by atoms with E-state index in [0.717, 1.165) is 5.69 Å². The van der Waals surface area contributed by atoms with Crippen LogP contribution < -0.4 is 5.32 Å². The molecule has 0 heterocycles. The van der Waals surface area contributed by atoms with Crippen molar-refractivity contribution in [2.24, 2.45) is 0 Å². The predicted octanol–water partition coefficient (Wildman–Crippen LogP) is 4.10. The number of hydrogen-bond acceptors (Lipinski definition) is 3. The number of para-hydroxylation sites is 2. The number of nitro benzene ring substituents is 1. The van der Waals surface area contributed by atoms with Gasteiger partial charge in [-0.3, -0.25) is 10.1 Å². The van der Waals surface area contributed by atoms with Crippen molar-refractivity contribution < 1.29 is 4.92 Å². The first-order chi connectivity index (χ1) is 8.18. The average molecular weight is 293 g/mol. The molecule has 0 saturated heterocycles. The van der Waals surface area contributed by atoms with E-state index in [2.05, 4.69) is 21.2 Å². The summed E-state index contributed by atoms with van der Waals surface area (Å²) < 4.78 is 0.663. The van der Waals surface area contributed by atoms with E-state index < -0.39 is 4.92 Å². The molecule has 4 nitrogen and oxygen atoms in total. The zero-order valence-electron chi connectivity index (χ0n) is 8.76. The monoisotopic (exact) mass is 292 g/mol. The molecule has 1 N–H and O–H groups in total. The predicted molar refractivity (Wildman–Crippen MR) is 70.5 cm³/mol. The van der Waals surface area contributed by atoms with Gasteiger partial charge in [0.2, 0.25) is 0 Å². The van der Waals surface area contributed by atoms with Crippen LogP contribution in [0.1, 0.15) is 0 Å². The maximum Gasteiger partial charge on any atom is 0.293 e. The van der Waals surface area contributed by atoms with Crippen LogP contribution in [-0.4, -0.2) is 4.92 Å². The fourth-order valence-electron chi connectivity index (χ4n) is 1.45. The van der Waals surface area contributed by atoms with Gasteiger partial charge in [0.1, 0.15) is 5.69 Å². The SMILES string of the molecule is O=[N+]([O-])c1cccc(Br)c1Nc1ccccc1. The van der Waals surface area contributed by atoms with Gasteiger partial charge in [-0.1, -0.05) is 24.3 Å². The Morgan fingerprint density at radius 3 is 2.41 bits per heavy atom. The first-order valence-electron chi connectivity index (χ1n) is 4.93. The van der Waals surface area contributed by atoms with Gasteiger partial charge < -0.3 is 5.32 Å². The maximum atomic E-state index is 10.9. The Hall–Kier alpha value is -1.88. The van der Waals surface area contributed by atoms with E-state index in [9.17, 15) is 10.1 Å². The molecule has 0 aliphatic heterocycles. The number of anilines is 2. The Balaban J connectivity index is 2.41. The molecule has 17 heavy (non-hydrogen) atoms. The van der Waals surface area contributed by atoms with Gasteiger partial charge in [-0.2, -0.15) is 0 Å². The van der Waals surface area contributed by atoms with Gasteiger partial charge in [0.15, 0.2) is 0 Å². The molecule has 0 amide bonds. The van der Waals surface area contributed by atoms with Crippen molar-refractivity contribution in [2.75, 3.05) is 5.32 Å². The fraction of sp³-hybridized carbons (Fsp3) is 0. The highest BCUT2D eigenvalue weighted by Crippen LogP contribution is 2.34. The van der Waals surface area contributed by atoms with Gasteiger partial charge >= 0.3 is 0 Å². The topological polar surface area (TPSA) is 55.2 Å². The number of nitrogens with zero attached hydrogens (tertiary/aromatic N) is 1. The smallest absolute Gasteiger partial charge is 0.293 e. The van der Waals surface area contributed by atoms with E-state index in [1.54, 1.807) is 12.1 Å². The van der Waals surface area contributed by atoms with Crippen LogP contribution in [0.4, 0.5) is 17.1 Å². The minimum atomic E-state index is -0.407. The number of rotatable bonds is 3. The lowest BCUT2D eigenvalue weighted by Crippen LogP contribution is -1.97. The van der Waals surface area contributed by atoms with E-state index in [4.69, 9.17) is 0 Å². The van der Waals surface area contributed by atoms with E-state index in [0.29, 0.717) is 10.2 Å². The molecule has 2 rings (SSSR count). The zero-order chi connectivity index (χ0) is 12.3. The number of hydrogen-bond donors (Lipinski definition) is 1. The van der Waals surface area contributed by atoms with Gasteiger partial charge in [0.05, 0.1) is 4.92 Å². The highest BCUT2D eigenvalue weighted by atomic mass is 79.9. The highest BCUT2D eigenvalue weighted by molar-refractivity contribution is 9.10. The molecule has 86 valence electrons. The third kappa shape index (κ3) is 2.62. The van der Waals surface area contributed by atoms with Gasteiger partial charge in [-0.05, 0) is 34.1 Å². The van der Waals surface area contributed by atoms with E-state index in [1.165, 1.54) is 6.07 Å². The highest BCUT2D eigenvalue weighted by Gasteiger charge is 2.15. The summed E-state index contributed by atoms with van der Waals surface area (Å²) in [5.74, 6) is 0. The molecule has 2 aromatic carbocycles. The first-order valence-corrected chi connectivity index (χ1v) is 5.73. The molecular formula is C12H9BrN2O2. The molecule has 0 atom stereocenters. The van der Waals surface area contributed by atoms with Crippen LogP contribution in [0.15, 0.2) is 53.0 Å². The second kappa shape index (κ2) is 4.97. The van der Waals surface area contributed by atoms with Crippen LogP contribution in [0, 0.1) is 10.1 Å². The van der Waals surface area contributed by atoms with E-state index >= 15 is 0 Å². The van der Waals surface area contributed by atoms with Crippen LogP contribution in [0.2, 0.25) is 0 Å². The van der Waals surface area contributed by atoms with Crippen LogP contribution in [0.25, 0.3) is 0 Å². The van der Waals surface area contributed by atoms with Crippen LogP contribution in [0.5, 0.6) is 0 Å². The average Bonchev–Trinajstić information content (AvgIpc) is 2.33. The summed E-state index contributed by atoms with van der Waals surface area (Å²) in [4.78, 5) is 10.5. The molecule has 0 fully saturated rings. The second-order valence-corrected chi connectivity index (χ2v) is 4.24. The lowest BCUT2D eigenvalue weighted by molar-refractivity contribution is -0.384. The molecular weight excluding hydrogens is 284 g/mol. The number of nitro groups is 1. The minimum Gasteiger partial charge on any atom is -0.349 e. The van der Waals surface area contributed by atoms with Gasteiger partial charge in [0.25, 0.3) is 5.69 Å². The molecule has 2 aromatic rings. The second-order valence-electron chi connectivity index (χ2n) is 3.38. The quantitative estimate of drug-likeness (QED) is 0.684. The zero-order valence-corrected chi connectivity index (χ0v) is 10.3. The summed E-state index contributed by atoms with van der Waals surface area (Å²) in [6.45, 7) is 0. The number of halogens is 1. The number of nitrogens with one attached hydrogen (secondary N) is 1. The van der Waals surface area contributed by atoms with Crippen LogP contribution in [-0.2, 0) is 0 Å². The molecule has 0 spiro atoms. The van der Waals surface area contributed by atoms with Crippen molar-refractivity contribution in [1.29, 1.82) is 0 Å². The largest absolute Gasteiger partial charge is 0.349 e. The third-order valence-corrected chi connectivity index (χ3v) is 2.89. The summed E-state index contributed by atoms with van der Waals surface area (Å²) in [6.07, 6.45) is 0. The summed E-state index contributed by atoms with van der Waals surface area (Å²) >= 11 is 3.31. The molecule has 5 heteroatoms. The molecule has 0 radical (unpaired) electrons. The summed E-state index contributed by atoms with van der Waals surface area (Å²) in [5, 5.41) is 13.9. The van der Waals surface area contributed by atoms with Gasteiger partial charge in [-0.15, -0.1) is 0 Å². The van der Waals surface area contributed by atoms with Crippen LogP contribution in [0.3, 0.4) is 0 Å². The van der Waals surface area contributed by atoms with E-state index in [-0.39, 0.29) is 5.69 Å². The molecule has 0 aromatic heterocycles. The standard InChI is InChI=1S/C12H9BrN2O2/c13-10-7-4-8-11(15(16)17)12(10)14-9-5-2-1-3-6-9/h1-8,14H. The van der Waals surface area contributed by atoms with Gasteiger partial charge in [-0.25, -0.2) is 0 Å². The summed E-state index contributed by atoms with van der Waals surface area (Å²) in [6, 6.07) is 14.2. The Labute approximate surface area is 107 Å². The lowest BCUT2D eigenvalue weighted by atomic mass is 10.2. The number of benzene rings is 2. The normalized spacial score (nSPS) is 9.94.